The summed E-state index contributed by atoms with van der Waals surface area (Å²) in [7, 11) is 1.52. The van der Waals surface area contributed by atoms with Crippen LogP contribution in [0.5, 0.6) is 0 Å². The molecule has 0 radical (unpaired) electrons. The summed E-state index contributed by atoms with van der Waals surface area (Å²) >= 11 is 0. The van der Waals surface area contributed by atoms with Gasteiger partial charge in [-0.1, -0.05) is 18.1 Å². The Morgan fingerprint density at radius 1 is 1.29 bits per heavy atom. The Bertz CT molecular complexity index is 1470. The lowest BCUT2D eigenvalue weighted by Crippen LogP contribution is -2.44. The maximum atomic E-state index is 13.6. The van der Waals surface area contributed by atoms with E-state index in [0.717, 1.165) is 24.0 Å². The van der Waals surface area contributed by atoms with Gasteiger partial charge in [-0.25, -0.2) is 4.79 Å². The number of carbonyl (C=O) groups excluding carboxylic acids is 2. The van der Waals surface area contributed by atoms with Crippen molar-refractivity contribution in [3.05, 3.63) is 50.7 Å². The van der Waals surface area contributed by atoms with Crippen molar-refractivity contribution >= 4 is 35.0 Å². The highest BCUT2D eigenvalue weighted by atomic mass is 16.2. The van der Waals surface area contributed by atoms with Gasteiger partial charge in [0.05, 0.1) is 18.8 Å². The Balaban J connectivity index is 1.86. The first-order valence-corrected chi connectivity index (χ1v) is 11.3. The predicted octanol–water partition coefficient (Wildman–Crippen LogP) is 0.299. The molecule has 182 valence electrons. The molecule has 35 heavy (non-hydrogen) atoms. The average molecular weight is 478 g/mol. The lowest BCUT2D eigenvalue weighted by Gasteiger charge is -2.31. The van der Waals surface area contributed by atoms with Crippen LogP contribution in [0.25, 0.3) is 11.2 Å². The Kier molecular flexibility index (Phi) is 6.84. The number of carbonyl (C=O) groups is 2. The molecule has 1 amide bonds. The first-order valence-electron chi connectivity index (χ1n) is 11.3. The van der Waals surface area contributed by atoms with Crippen molar-refractivity contribution in [2.24, 2.45) is 12.8 Å². The molecule has 1 aromatic carbocycles. The number of nitrogens with two attached hydrogens (primary N) is 1. The highest BCUT2D eigenvalue weighted by Crippen LogP contribution is 2.23. The second-order valence-electron chi connectivity index (χ2n) is 8.41. The van der Waals surface area contributed by atoms with Crippen molar-refractivity contribution in [1.82, 2.24) is 18.7 Å². The van der Waals surface area contributed by atoms with Crippen molar-refractivity contribution in [2.45, 2.75) is 38.9 Å². The van der Waals surface area contributed by atoms with Gasteiger partial charge in [-0.05, 0) is 31.9 Å². The number of hydrogen-bond donors (Lipinski definition) is 2. The van der Waals surface area contributed by atoms with Crippen LogP contribution >= 0.6 is 0 Å². The lowest BCUT2D eigenvalue weighted by molar-refractivity contribution is -0.105. The Labute approximate surface area is 201 Å². The van der Waals surface area contributed by atoms with Crippen LogP contribution in [0, 0.1) is 11.8 Å². The van der Waals surface area contributed by atoms with E-state index in [9.17, 15) is 19.2 Å². The van der Waals surface area contributed by atoms with Gasteiger partial charge < -0.3 is 16.0 Å². The van der Waals surface area contributed by atoms with Crippen molar-refractivity contribution < 1.29 is 9.59 Å². The molecule has 3 heterocycles. The van der Waals surface area contributed by atoms with Crippen molar-refractivity contribution in [2.75, 3.05) is 23.3 Å². The van der Waals surface area contributed by atoms with Gasteiger partial charge in [0.1, 0.15) is 0 Å². The fraction of sp³-hybridized carbons (Fsp3) is 0.375. The zero-order valence-electron chi connectivity index (χ0n) is 19.7. The largest absolute Gasteiger partial charge is 0.341 e. The molecule has 11 nitrogen and oxygen atoms in total. The number of imidazole rings is 1. The van der Waals surface area contributed by atoms with Crippen LogP contribution in [0.1, 0.15) is 30.1 Å². The predicted molar refractivity (Wildman–Crippen MR) is 133 cm³/mol. The average Bonchev–Trinajstić information content (AvgIpc) is 3.24. The summed E-state index contributed by atoms with van der Waals surface area (Å²) in [5.41, 5.74) is 5.78. The summed E-state index contributed by atoms with van der Waals surface area (Å²) in [5.74, 6) is 5.84. The molecule has 1 aliphatic heterocycles. The fourth-order valence-electron chi connectivity index (χ4n) is 4.38. The van der Waals surface area contributed by atoms with Crippen LogP contribution in [-0.2, 0) is 24.9 Å². The number of Topliss-reactive ketones (excluding diaryl/α,β-unsaturated/α-hetero) is 1. The van der Waals surface area contributed by atoms with E-state index in [0.29, 0.717) is 24.6 Å². The molecular weight excluding hydrogens is 450 g/mol. The van der Waals surface area contributed by atoms with E-state index in [4.69, 9.17) is 5.73 Å². The van der Waals surface area contributed by atoms with E-state index >= 15 is 0 Å². The van der Waals surface area contributed by atoms with Crippen molar-refractivity contribution in [3.8, 4) is 11.8 Å². The molecule has 0 bridgehead atoms. The first-order chi connectivity index (χ1) is 16.9. The van der Waals surface area contributed by atoms with Crippen molar-refractivity contribution in [3.63, 3.8) is 0 Å². The Morgan fingerprint density at radius 2 is 2.06 bits per heavy atom. The minimum atomic E-state index is -0.662. The number of anilines is 2. The smallest absolute Gasteiger partial charge is 0.332 e. The van der Waals surface area contributed by atoms with Gasteiger partial charge in [0.25, 0.3) is 5.56 Å². The van der Waals surface area contributed by atoms with Crippen LogP contribution in [0.4, 0.5) is 11.6 Å². The molecule has 11 heteroatoms. The fourth-order valence-corrected chi connectivity index (χ4v) is 4.38. The number of amides is 1. The molecule has 1 saturated heterocycles. The molecule has 4 rings (SSSR count). The van der Waals surface area contributed by atoms with Gasteiger partial charge >= 0.3 is 5.69 Å². The van der Waals surface area contributed by atoms with Gasteiger partial charge in [0.15, 0.2) is 16.9 Å². The van der Waals surface area contributed by atoms with Gasteiger partial charge in [-0.15, -0.1) is 5.92 Å². The van der Waals surface area contributed by atoms with E-state index in [1.165, 1.54) is 17.7 Å². The SMILES string of the molecule is CC#CCn1c(N2CCCC(N)C2)nc2c1c(=O)n(CC(=O)c1ccccc1NC=O)c(=O)n2C. The molecule has 3 N–H and O–H groups in total. The molecule has 2 aromatic heterocycles. The van der Waals surface area contributed by atoms with Gasteiger partial charge in [-0.3, -0.25) is 28.1 Å². The maximum Gasteiger partial charge on any atom is 0.332 e. The third-order valence-corrected chi connectivity index (χ3v) is 6.11. The molecule has 3 aromatic rings. The number of benzene rings is 1. The van der Waals surface area contributed by atoms with E-state index in [-0.39, 0.29) is 29.3 Å². The minimum Gasteiger partial charge on any atom is -0.341 e. The van der Waals surface area contributed by atoms with Gasteiger partial charge in [0, 0.05) is 31.7 Å². The zero-order chi connectivity index (χ0) is 25.1. The van der Waals surface area contributed by atoms with Gasteiger partial charge in [0.2, 0.25) is 12.4 Å². The van der Waals surface area contributed by atoms with Crippen LogP contribution < -0.4 is 27.2 Å². The van der Waals surface area contributed by atoms with E-state index in [1.54, 1.807) is 29.7 Å². The number of fused-ring (bicyclic) bond motifs is 1. The van der Waals surface area contributed by atoms with E-state index in [1.807, 2.05) is 4.90 Å². The number of aryl methyl sites for hydroxylation is 1. The Hall–Kier alpha value is -4.17. The van der Waals surface area contributed by atoms with Crippen LogP contribution in [0.2, 0.25) is 0 Å². The monoisotopic (exact) mass is 477 g/mol. The number of piperidine rings is 1. The minimum absolute atomic E-state index is 0.0209. The number of para-hydroxylation sites is 1. The molecule has 1 atom stereocenters. The highest BCUT2D eigenvalue weighted by Gasteiger charge is 2.26. The second kappa shape index (κ2) is 9.99. The Morgan fingerprint density at radius 3 is 2.77 bits per heavy atom. The highest BCUT2D eigenvalue weighted by molar-refractivity contribution is 6.02. The van der Waals surface area contributed by atoms with E-state index in [2.05, 4.69) is 22.1 Å². The second-order valence-corrected chi connectivity index (χ2v) is 8.41. The summed E-state index contributed by atoms with van der Waals surface area (Å²) in [6.07, 6.45) is 2.25. The number of ketones is 1. The summed E-state index contributed by atoms with van der Waals surface area (Å²) in [5, 5.41) is 2.47. The molecule has 0 saturated carbocycles. The molecular formula is C24H27N7O4. The normalized spacial score (nSPS) is 15.5. The number of nitrogens with zero attached hydrogens (tertiary/aromatic N) is 5. The third kappa shape index (κ3) is 4.48. The lowest BCUT2D eigenvalue weighted by atomic mass is 10.1. The third-order valence-electron chi connectivity index (χ3n) is 6.11. The van der Waals surface area contributed by atoms with E-state index < -0.39 is 23.6 Å². The number of nitrogens with one attached hydrogen (secondary N) is 1. The summed E-state index contributed by atoms with van der Waals surface area (Å²) in [4.78, 5) is 57.4. The van der Waals surface area contributed by atoms with Crippen LogP contribution in [0.3, 0.4) is 0 Å². The standard InChI is InChI=1S/C24H27N7O4/c1-3-4-12-30-20-21(27-23(30)29-11-7-8-16(25)13-29)28(2)24(35)31(22(20)34)14-19(33)17-9-5-6-10-18(17)26-15-32/h5-6,9-10,15-16H,7-8,11-14,25H2,1-2H3,(H,26,32). The number of rotatable bonds is 7. The molecule has 1 fully saturated rings. The summed E-state index contributed by atoms with van der Waals surface area (Å²) < 4.78 is 3.85. The molecule has 1 unspecified atom stereocenters. The molecule has 0 aliphatic carbocycles. The topological polar surface area (TPSA) is 137 Å². The molecule has 1 aliphatic rings. The first kappa shape index (κ1) is 24.0. The molecule has 0 spiro atoms. The van der Waals surface area contributed by atoms with Crippen molar-refractivity contribution in [1.29, 1.82) is 0 Å². The summed E-state index contributed by atoms with van der Waals surface area (Å²) in [6.45, 7) is 2.70. The van der Waals surface area contributed by atoms with Crippen LogP contribution in [-0.4, -0.2) is 50.0 Å². The number of aromatic nitrogens is 4. The quantitative estimate of drug-likeness (QED) is 0.284. The maximum absolute atomic E-state index is 13.6. The zero-order valence-corrected chi connectivity index (χ0v) is 19.7. The van der Waals surface area contributed by atoms with Crippen LogP contribution in [0.15, 0.2) is 33.9 Å². The number of hydrogen-bond acceptors (Lipinski definition) is 7. The summed E-state index contributed by atoms with van der Waals surface area (Å²) in [6, 6.07) is 6.39. The van der Waals surface area contributed by atoms with Gasteiger partial charge in [-0.2, -0.15) is 4.98 Å².